The normalized spacial score (nSPS) is 10.7. The number of hydrogen-bond donors (Lipinski definition) is 2. The van der Waals surface area contributed by atoms with Crippen LogP contribution in [0.4, 0.5) is 26.0 Å². The van der Waals surface area contributed by atoms with Crippen molar-refractivity contribution in [1.29, 1.82) is 0 Å². The SMILES string of the molecule is O=C(Cc1cccc(F)c1)Nc1ccc2ncnc(Nc3ccc(F)cc3)c2c1. The molecule has 144 valence electrons. The molecule has 29 heavy (non-hydrogen) atoms. The van der Waals surface area contributed by atoms with Crippen LogP contribution in [0.15, 0.2) is 73.1 Å². The molecule has 0 aliphatic heterocycles. The van der Waals surface area contributed by atoms with Crippen molar-refractivity contribution in [2.75, 3.05) is 10.6 Å². The molecule has 0 aliphatic rings. The first kappa shape index (κ1) is 18.5. The number of carbonyl (C=O) groups is 1. The summed E-state index contributed by atoms with van der Waals surface area (Å²) in [5.41, 5.74) is 2.51. The molecule has 0 saturated heterocycles. The van der Waals surface area contributed by atoms with Gasteiger partial charge in [-0.25, -0.2) is 18.7 Å². The predicted molar refractivity (Wildman–Crippen MR) is 108 cm³/mol. The second kappa shape index (κ2) is 8.02. The molecular weight excluding hydrogens is 374 g/mol. The van der Waals surface area contributed by atoms with E-state index in [2.05, 4.69) is 20.6 Å². The van der Waals surface area contributed by atoms with Gasteiger partial charge < -0.3 is 10.6 Å². The monoisotopic (exact) mass is 390 g/mol. The fraction of sp³-hybridized carbons (Fsp3) is 0.0455. The molecule has 4 aromatic rings. The molecule has 0 fully saturated rings. The second-order valence-corrected chi connectivity index (χ2v) is 6.44. The minimum absolute atomic E-state index is 0.0573. The van der Waals surface area contributed by atoms with E-state index in [-0.39, 0.29) is 24.0 Å². The summed E-state index contributed by atoms with van der Waals surface area (Å²) in [6, 6.07) is 17.1. The quantitative estimate of drug-likeness (QED) is 0.512. The van der Waals surface area contributed by atoms with Gasteiger partial charge >= 0.3 is 0 Å². The molecule has 0 atom stereocenters. The molecule has 3 aromatic carbocycles. The highest BCUT2D eigenvalue weighted by Crippen LogP contribution is 2.26. The van der Waals surface area contributed by atoms with Crippen molar-refractivity contribution in [1.82, 2.24) is 9.97 Å². The van der Waals surface area contributed by atoms with E-state index < -0.39 is 0 Å². The Morgan fingerprint density at radius 2 is 1.66 bits per heavy atom. The van der Waals surface area contributed by atoms with Gasteiger partial charge in [0.05, 0.1) is 11.9 Å². The van der Waals surface area contributed by atoms with Gasteiger partial charge in [0.25, 0.3) is 0 Å². The molecule has 5 nitrogen and oxygen atoms in total. The van der Waals surface area contributed by atoms with Crippen LogP contribution in [0.1, 0.15) is 5.56 Å². The van der Waals surface area contributed by atoms with Crippen molar-refractivity contribution >= 4 is 34.0 Å². The predicted octanol–water partition coefficient (Wildman–Crippen LogP) is 4.83. The van der Waals surface area contributed by atoms with Crippen molar-refractivity contribution in [2.24, 2.45) is 0 Å². The molecule has 0 saturated carbocycles. The summed E-state index contributed by atoms with van der Waals surface area (Å²) in [5, 5.41) is 6.63. The van der Waals surface area contributed by atoms with E-state index in [4.69, 9.17) is 0 Å². The Labute approximate surface area is 165 Å². The van der Waals surface area contributed by atoms with Crippen LogP contribution < -0.4 is 10.6 Å². The Bertz CT molecular complexity index is 1180. The Balaban J connectivity index is 1.56. The third kappa shape index (κ3) is 4.52. The summed E-state index contributed by atoms with van der Waals surface area (Å²) >= 11 is 0. The van der Waals surface area contributed by atoms with Crippen LogP contribution >= 0.6 is 0 Å². The molecule has 1 aromatic heterocycles. The lowest BCUT2D eigenvalue weighted by Crippen LogP contribution is -2.14. The number of carbonyl (C=O) groups excluding carboxylic acids is 1. The fourth-order valence-electron chi connectivity index (χ4n) is 2.94. The van der Waals surface area contributed by atoms with Gasteiger partial charge in [0.2, 0.25) is 5.91 Å². The van der Waals surface area contributed by atoms with Gasteiger partial charge in [-0.15, -0.1) is 0 Å². The maximum absolute atomic E-state index is 13.3. The fourth-order valence-corrected chi connectivity index (χ4v) is 2.94. The van der Waals surface area contributed by atoms with Gasteiger partial charge in [0.15, 0.2) is 0 Å². The molecule has 0 unspecified atom stereocenters. The number of amides is 1. The van der Waals surface area contributed by atoms with Gasteiger partial charge in [-0.3, -0.25) is 4.79 Å². The Hall–Kier alpha value is -3.87. The molecule has 1 amide bonds. The van der Waals surface area contributed by atoms with Gasteiger partial charge in [-0.1, -0.05) is 12.1 Å². The number of fused-ring (bicyclic) bond motifs is 1. The summed E-state index contributed by atoms with van der Waals surface area (Å²) in [5.74, 6) is -0.441. The summed E-state index contributed by atoms with van der Waals surface area (Å²) < 4.78 is 26.4. The summed E-state index contributed by atoms with van der Waals surface area (Å²) in [6.07, 6.45) is 1.48. The molecule has 0 radical (unpaired) electrons. The first-order valence-electron chi connectivity index (χ1n) is 8.88. The number of benzene rings is 3. The second-order valence-electron chi connectivity index (χ2n) is 6.44. The van der Waals surface area contributed by atoms with Crippen molar-refractivity contribution in [3.05, 3.63) is 90.3 Å². The van der Waals surface area contributed by atoms with E-state index in [1.54, 1.807) is 42.5 Å². The van der Waals surface area contributed by atoms with Gasteiger partial charge in [0, 0.05) is 16.8 Å². The van der Waals surface area contributed by atoms with Crippen molar-refractivity contribution in [3.63, 3.8) is 0 Å². The van der Waals surface area contributed by atoms with E-state index >= 15 is 0 Å². The standard InChI is InChI=1S/C22H16F2N4O/c23-15-4-6-17(7-5-15)28-22-19-12-18(8-9-20(19)25-13-26-22)27-21(29)11-14-2-1-3-16(24)10-14/h1-10,12-13H,11H2,(H,27,29)(H,25,26,28). The van der Waals surface area contributed by atoms with Crippen molar-refractivity contribution in [3.8, 4) is 0 Å². The summed E-state index contributed by atoms with van der Waals surface area (Å²) in [6.45, 7) is 0. The number of halogens is 2. The highest BCUT2D eigenvalue weighted by molar-refractivity contribution is 5.97. The third-order valence-electron chi connectivity index (χ3n) is 4.28. The average Bonchev–Trinajstić information content (AvgIpc) is 2.70. The van der Waals surface area contributed by atoms with Crippen LogP contribution in [0, 0.1) is 11.6 Å². The molecule has 2 N–H and O–H groups in total. The van der Waals surface area contributed by atoms with Crippen molar-refractivity contribution < 1.29 is 13.6 Å². The zero-order valence-corrected chi connectivity index (χ0v) is 15.2. The lowest BCUT2D eigenvalue weighted by atomic mass is 10.1. The first-order valence-corrected chi connectivity index (χ1v) is 8.88. The number of anilines is 3. The minimum Gasteiger partial charge on any atom is -0.340 e. The smallest absolute Gasteiger partial charge is 0.228 e. The topological polar surface area (TPSA) is 66.9 Å². The van der Waals surface area contributed by atoms with E-state index in [0.717, 1.165) is 0 Å². The van der Waals surface area contributed by atoms with E-state index in [1.807, 2.05) is 0 Å². The van der Waals surface area contributed by atoms with Crippen LogP contribution in [0.5, 0.6) is 0 Å². The van der Waals surface area contributed by atoms with Gasteiger partial charge in [-0.05, 0) is 60.2 Å². The number of nitrogens with zero attached hydrogens (tertiary/aromatic N) is 2. The molecular formula is C22H16F2N4O. The van der Waals surface area contributed by atoms with E-state index in [1.165, 1.54) is 30.6 Å². The van der Waals surface area contributed by atoms with Crippen LogP contribution in [-0.4, -0.2) is 15.9 Å². The van der Waals surface area contributed by atoms with E-state index in [9.17, 15) is 13.6 Å². The van der Waals surface area contributed by atoms with Gasteiger partial charge in [0.1, 0.15) is 23.8 Å². The average molecular weight is 390 g/mol. The summed E-state index contributed by atoms with van der Waals surface area (Å²) in [7, 11) is 0. The Kier molecular flexibility index (Phi) is 5.11. The Morgan fingerprint density at radius 3 is 2.45 bits per heavy atom. The van der Waals surface area contributed by atoms with Crippen LogP contribution in [0.3, 0.4) is 0 Å². The lowest BCUT2D eigenvalue weighted by molar-refractivity contribution is -0.115. The molecule has 0 aliphatic carbocycles. The summed E-state index contributed by atoms with van der Waals surface area (Å²) in [4.78, 5) is 20.8. The highest BCUT2D eigenvalue weighted by atomic mass is 19.1. The van der Waals surface area contributed by atoms with E-state index in [0.29, 0.717) is 33.7 Å². The molecule has 4 rings (SSSR count). The molecule has 7 heteroatoms. The third-order valence-corrected chi connectivity index (χ3v) is 4.28. The number of rotatable bonds is 5. The number of nitrogens with one attached hydrogen (secondary N) is 2. The van der Waals surface area contributed by atoms with Crippen molar-refractivity contribution in [2.45, 2.75) is 6.42 Å². The van der Waals surface area contributed by atoms with Gasteiger partial charge in [-0.2, -0.15) is 0 Å². The van der Waals surface area contributed by atoms with Crippen LogP contribution in [0.2, 0.25) is 0 Å². The highest BCUT2D eigenvalue weighted by Gasteiger charge is 2.09. The number of aromatic nitrogens is 2. The first-order chi connectivity index (χ1) is 14.1. The minimum atomic E-state index is -0.380. The zero-order chi connectivity index (χ0) is 20.2. The maximum atomic E-state index is 13.3. The maximum Gasteiger partial charge on any atom is 0.228 e. The van der Waals surface area contributed by atoms with Crippen LogP contribution in [-0.2, 0) is 11.2 Å². The lowest BCUT2D eigenvalue weighted by Gasteiger charge is -2.10. The van der Waals surface area contributed by atoms with Crippen LogP contribution in [0.25, 0.3) is 10.9 Å². The zero-order valence-electron chi connectivity index (χ0n) is 15.2. The Morgan fingerprint density at radius 1 is 0.862 bits per heavy atom. The number of hydrogen-bond acceptors (Lipinski definition) is 4. The molecule has 0 bridgehead atoms. The molecule has 0 spiro atoms. The molecule has 1 heterocycles. The largest absolute Gasteiger partial charge is 0.340 e.